The smallest absolute Gasteiger partial charge is 0.322 e. The van der Waals surface area contributed by atoms with E-state index in [9.17, 15) is 9.90 Å². The molecular weight excluding hydrogens is 244 g/mol. The number of urea groups is 1. The molecule has 0 radical (unpaired) electrons. The summed E-state index contributed by atoms with van der Waals surface area (Å²) in [5.74, 6) is 0. The maximum Gasteiger partial charge on any atom is 0.322 e. The van der Waals surface area contributed by atoms with Crippen LogP contribution in [0.1, 0.15) is 25.5 Å². The molecule has 0 aliphatic carbocycles. The van der Waals surface area contributed by atoms with Crippen molar-refractivity contribution in [1.82, 2.24) is 4.90 Å². The van der Waals surface area contributed by atoms with Gasteiger partial charge in [0.15, 0.2) is 0 Å². The molecule has 1 heterocycles. The van der Waals surface area contributed by atoms with Crippen molar-refractivity contribution in [1.29, 1.82) is 0 Å². The van der Waals surface area contributed by atoms with E-state index >= 15 is 0 Å². The Balaban J connectivity index is 2.00. The monoisotopic (exact) mass is 264 g/mol. The predicted octanol–water partition coefficient (Wildman–Crippen LogP) is 1.99. The van der Waals surface area contributed by atoms with Crippen molar-refractivity contribution in [2.45, 2.75) is 26.1 Å². The molecule has 0 saturated carbocycles. The Labute approximate surface area is 113 Å². The first-order valence-electron chi connectivity index (χ1n) is 6.52. The van der Waals surface area contributed by atoms with Crippen LogP contribution in [-0.2, 0) is 4.74 Å². The number of amides is 2. The number of rotatable bonds is 2. The number of nitrogens with one attached hydrogen (secondary N) is 1. The molecular formula is C14H20N2O3. The van der Waals surface area contributed by atoms with Crippen LogP contribution >= 0.6 is 0 Å². The second-order valence-corrected chi connectivity index (χ2v) is 4.86. The second kappa shape index (κ2) is 6.04. The molecule has 0 spiro atoms. The number of nitrogens with zero attached hydrogens (tertiary/aromatic N) is 1. The molecule has 2 atom stereocenters. The maximum atomic E-state index is 12.1. The van der Waals surface area contributed by atoms with Gasteiger partial charge in [-0.15, -0.1) is 0 Å². The highest BCUT2D eigenvalue weighted by Crippen LogP contribution is 2.17. The number of morpholine rings is 1. The van der Waals surface area contributed by atoms with Gasteiger partial charge < -0.3 is 20.1 Å². The summed E-state index contributed by atoms with van der Waals surface area (Å²) in [6.07, 6.45) is -0.469. The summed E-state index contributed by atoms with van der Waals surface area (Å²) >= 11 is 0. The van der Waals surface area contributed by atoms with Crippen LogP contribution in [0, 0.1) is 0 Å². The van der Waals surface area contributed by atoms with Gasteiger partial charge in [-0.2, -0.15) is 0 Å². The van der Waals surface area contributed by atoms with Crippen LogP contribution in [0.3, 0.4) is 0 Å². The maximum absolute atomic E-state index is 12.1. The molecule has 1 aliphatic heterocycles. The van der Waals surface area contributed by atoms with Crippen LogP contribution in [0.2, 0.25) is 0 Å². The molecule has 1 fully saturated rings. The van der Waals surface area contributed by atoms with Crippen LogP contribution in [0.4, 0.5) is 10.5 Å². The average Bonchev–Trinajstić information content (AvgIpc) is 2.39. The Morgan fingerprint density at radius 1 is 1.58 bits per heavy atom. The molecule has 0 bridgehead atoms. The number of carbonyl (C=O) groups is 1. The summed E-state index contributed by atoms with van der Waals surface area (Å²) < 4.78 is 5.40. The van der Waals surface area contributed by atoms with Gasteiger partial charge in [0.25, 0.3) is 0 Å². The Morgan fingerprint density at radius 2 is 2.37 bits per heavy atom. The summed E-state index contributed by atoms with van der Waals surface area (Å²) in [5.41, 5.74) is 1.48. The summed E-state index contributed by atoms with van der Waals surface area (Å²) in [7, 11) is 0. The van der Waals surface area contributed by atoms with Crippen LogP contribution in [0.5, 0.6) is 0 Å². The number of hydrogen-bond donors (Lipinski definition) is 2. The van der Waals surface area contributed by atoms with Gasteiger partial charge in [-0.1, -0.05) is 12.1 Å². The zero-order chi connectivity index (χ0) is 13.8. The number of hydrogen-bond acceptors (Lipinski definition) is 3. The first kappa shape index (κ1) is 13.8. The molecule has 2 unspecified atom stereocenters. The van der Waals surface area contributed by atoms with E-state index in [0.29, 0.717) is 25.4 Å². The first-order chi connectivity index (χ1) is 9.06. The molecule has 2 amide bonds. The second-order valence-electron chi connectivity index (χ2n) is 4.86. The van der Waals surface area contributed by atoms with Crippen molar-refractivity contribution >= 4 is 11.7 Å². The van der Waals surface area contributed by atoms with Crippen LogP contribution in [-0.4, -0.2) is 41.8 Å². The lowest BCUT2D eigenvalue weighted by atomic mass is 10.1. The molecule has 1 saturated heterocycles. The lowest BCUT2D eigenvalue weighted by Crippen LogP contribution is -2.46. The van der Waals surface area contributed by atoms with Gasteiger partial charge in [-0.25, -0.2) is 4.79 Å². The normalized spacial score (nSPS) is 21.0. The Hall–Kier alpha value is -1.59. The SMILES string of the molecule is CC1CN(C(=O)Nc2cccc(C(C)O)c2)CCO1. The van der Waals surface area contributed by atoms with E-state index in [-0.39, 0.29) is 12.1 Å². The average molecular weight is 264 g/mol. The van der Waals surface area contributed by atoms with Gasteiger partial charge in [0, 0.05) is 18.8 Å². The number of ether oxygens (including phenoxy) is 1. The van der Waals surface area contributed by atoms with E-state index in [1.54, 1.807) is 17.9 Å². The fraction of sp³-hybridized carbons (Fsp3) is 0.500. The van der Waals surface area contributed by atoms with Crippen molar-refractivity contribution in [2.24, 2.45) is 0 Å². The number of aliphatic hydroxyl groups excluding tert-OH is 1. The van der Waals surface area contributed by atoms with E-state index in [2.05, 4.69) is 5.32 Å². The minimum Gasteiger partial charge on any atom is -0.389 e. The quantitative estimate of drug-likeness (QED) is 0.858. The largest absolute Gasteiger partial charge is 0.389 e. The molecule has 19 heavy (non-hydrogen) atoms. The summed E-state index contributed by atoms with van der Waals surface area (Å²) in [6, 6.07) is 7.12. The van der Waals surface area contributed by atoms with Gasteiger partial charge in [-0.3, -0.25) is 0 Å². The zero-order valence-corrected chi connectivity index (χ0v) is 11.3. The third-order valence-corrected chi connectivity index (χ3v) is 3.15. The van der Waals surface area contributed by atoms with Gasteiger partial charge in [0.1, 0.15) is 0 Å². The van der Waals surface area contributed by atoms with E-state index in [0.717, 1.165) is 5.56 Å². The van der Waals surface area contributed by atoms with Crippen LogP contribution in [0.15, 0.2) is 24.3 Å². The fourth-order valence-electron chi connectivity index (χ4n) is 2.08. The Morgan fingerprint density at radius 3 is 3.05 bits per heavy atom. The van der Waals surface area contributed by atoms with Crippen molar-refractivity contribution in [3.63, 3.8) is 0 Å². The number of benzene rings is 1. The highest BCUT2D eigenvalue weighted by molar-refractivity contribution is 5.89. The zero-order valence-electron chi connectivity index (χ0n) is 11.3. The molecule has 1 aliphatic rings. The third kappa shape index (κ3) is 3.68. The van der Waals surface area contributed by atoms with E-state index in [4.69, 9.17) is 4.74 Å². The minimum atomic E-state index is -0.541. The molecule has 2 rings (SSSR count). The molecule has 2 N–H and O–H groups in total. The van der Waals surface area contributed by atoms with E-state index < -0.39 is 6.10 Å². The van der Waals surface area contributed by atoms with Crippen molar-refractivity contribution in [3.05, 3.63) is 29.8 Å². The predicted molar refractivity (Wildman–Crippen MR) is 73.1 cm³/mol. The summed E-state index contributed by atoms with van der Waals surface area (Å²) in [6.45, 7) is 5.43. The number of anilines is 1. The molecule has 1 aromatic carbocycles. The minimum absolute atomic E-state index is 0.0725. The molecule has 104 valence electrons. The lowest BCUT2D eigenvalue weighted by molar-refractivity contribution is -0.00138. The van der Waals surface area contributed by atoms with Crippen molar-refractivity contribution in [3.8, 4) is 0 Å². The number of carbonyl (C=O) groups excluding carboxylic acids is 1. The Kier molecular flexibility index (Phi) is 4.39. The number of aliphatic hydroxyl groups is 1. The Bertz CT molecular complexity index is 448. The van der Waals surface area contributed by atoms with Crippen LogP contribution in [0.25, 0.3) is 0 Å². The first-order valence-corrected chi connectivity index (χ1v) is 6.52. The highest BCUT2D eigenvalue weighted by Gasteiger charge is 2.21. The topological polar surface area (TPSA) is 61.8 Å². The summed E-state index contributed by atoms with van der Waals surface area (Å²) in [4.78, 5) is 13.8. The van der Waals surface area contributed by atoms with Gasteiger partial charge >= 0.3 is 6.03 Å². The standard InChI is InChI=1S/C14H20N2O3/c1-10-9-16(6-7-19-10)14(18)15-13-5-3-4-12(8-13)11(2)17/h3-5,8,10-11,17H,6-7,9H2,1-2H3,(H,15,18). The lowest BCUT2D eigenvalue weighted by Gasteiger charge is -2.31. The van der Waals surface area contributed by atoms with Gasteiger partial charge in [-0.05, 0) is 31.5 Å². The molecule has 5 heteroatoms. The fourth-order valence-corrected chi connectivity index (χ4v) is 2.08. The van der Waals surface area contributed by atoms with Gasteiger partial charge in [0.2, 0.25) is 0 Å². The van der Waals surface area contributed by atoms with Gasteiger partial charge in [0.05, 0.1) is 18.8 Å². The van der Waals surface area contributed by atoms with Crippen molar-refractivity contribution < 1.29 is 14.6 Å². The third-order valence-electron chi connectivity index (χ3n) is 3.15. The van der Waals surface area contributed by atoms with Crippen molar-refractivity contribution in [2.75, 3.05) is 25.0 Å². The van der Waals surface area contributed by atoms with E-state index in [1.807, 2.05) is 25.1 Å². The summed E-state index contributed by atoms with van der Waals surface area (Å²) in [5, 5.41) is 12.4. The van der Waals surface area contributed by atoms with E-state index in [1.165, 1.54) is 0 Å². The highest BCUT2D eigenvalue weighted by atomic mass is 16.5. The molecule has 5 nitrogen and oxygen atoms in total. The molecule has 0 aromatic heterocycles. The molecule has 1 aromatic rings. The van der Waals surface area contributed by atoms with Crippen LogP contribution < -0.4 is 5.32 Å².